The number of phenols is 3. The first-order chi connectivity index (χ1) is 40.7. The van der Waals surface area contributed by atoms with Gasteiger partial charge in [0.25, 0.3) is 0 Å². The van der Waals surface area contributed by atoms with Crippen LogP contribution in [0, 0.1) is 23.2 Å². The first kappa shape index (κ1) is 56.7. The van der Waals surface area contributed by atoms with Crippen molar-refractivity contribution in [2.45, 2.75) is 103 Å². The second kappa shape index (κ2) is 24.3. The molecule has 7 aromatic rings. The molecule has 0 fully saturated rings. The van der Waals surface area contributed by atoms with E-state index in [1.54, 1.807) is 37.3 Å². The highest BCUT2D eigenvalue weighted by molar-refractivity contribution is 5.97. The molecule has 0 unspecified atom stereocenters. The van der Waals surface area contributed by atoms with Crippen LogP contribution in [0.4, 0.5) is 5.69 Å². The Kier molecular flexibility index (Phi) is 16.4. The average Bonchev–Trinajstić information content (AvgIpc) is 3.43. The van der Waals surface area contributed by atoms with Gasteiger partial charge in [-0.3, -0.25) is 14.4 Å². The lowest BCUT2D eigenvalue weighted by Gasteiger charge is -2.43. The highest BCUT2D eigenvalue weighted by atomic mass is 16.5. The molecule has 1 spiro atoms. The number of benzene rings is 5. The number of carbonyl (C=O) groups is 3. The zero-order chi connectivity index (χ0) is 58.6. The number of aromatic hydroxyl groups is 3. The molecule has 11 rings (SSSR count). The Bertz CT molecular complexity index is 3850. The summed E-state index contributed by atoms with van der Waals surface area (Å²) in [5.74, 6) is 6.96. The van der Waals surface area contributed by atoms with Crippen molar-refractivity contribution in [3.63, 3.8) is 0 Å². The van der Waals surface area contributed by atoms with Crippen LogP contribution in [0.5, 0.6) is 34.5 Å². The first-order valence-electron chi connectivity index (χ1n) is 28.8. The van der Waals surface area contributed by atoms with Crippen molar-refractivity contribution in [2.75, 3.05) is 25.1 Å². The number of nitrogens with one attached hydrogen (secondary N) is 2. The summed E-state index contributed by atoms with van der Waals surface area (Å²) in [5, 5.41) is 50.2. The molecule has 2 aliphatic carbocycles. The third-order valence-electron chi connectivity index (χ3n) is 17.2. The molecule has 6 N–H and O–H groups in total. The van der Waals surface area contributed by atoms with E-state index in [1.165, 1.54) is 20.1 Å². The number of aliphatic hydroxyl groups excluding tert-OH is 1. The quantitative estimate of drug-likeness (QED) is 0.0501. The number of carbonyl (C=O) groups excluding carboxylic acids is 3. The smallest absolute Gasteiger partial charge is 0.302 e. The molecule has 0 amide bonds. The lowest BCUT2D eigenvalue weighted by molar-refractivity contribution is -0.148. The molecule has 4 aliphatic rings. The van der Waals surface area contributed by atoms with Crippen LogP contribution in [0.15, 0.2) is 169 Å². The lowest BCUT2D eigenvalue weighted by atomic mass is 9.61. The Morgan fingerprint density at radius 2 is 1.71 bits per heavy atom. The van der Waals surface area contributed by atoms with Gasteiger partial charge in [-0.25, -0.2) is 0 Å². The van der Waals surface area contributed by atoms with E-state index in [9.17, 15) is 30.0 Å². The number of aromatic amines is 1. The maximum Gasteiger partial charge on any atom is 0.302 e. The van der Waals surface area contributed by atoms with Gasteiger partial charge in [0.15, 0.2) is 11.5 Å². The van der Waals surface area contributed by atoms with E-state index in [-0.39, 0.29) is 96.2 Å². The van der Waals surface area contributed by atoms with E-state index >= 15 is 4.79 Å². The number of hydrogen-bond donors (Lipinski definition) is 6. The fraction of sp³-hybridized carbons (Fsp3) is 0.300. The zero-order valence-corrected chi connectivity index (χ0v) is 47.7. The van der Waals surface area contributed by atoms with Gasteiger partial charge in [-0.05, 0) is 132 Å². The van der Waals surface area contributed by atoms with Crippen molar-refractivity contribution in [3.05, 3.63) is 208 Å². The Balaban J connectivity index is 1.09. The van der Waals surface area contributed by atoms with Crippen LogP contribution in [0.2, 0.25) is 0 Å². The monoisotopic (exact) mass is 1130 g/mol. The summed E-state index contributed by atoms with van der Waals surface area (Å²) in [6.07, 6.45) is 20.5. The minimum atomic E-state index is -0.816. The number of nitrogens with zero attached hydrogens (tertiary/aromatic N) is 2. The van der Waals surface area contributed by atoms with Crippen molar-refractivity contribution in [1.82, 2.24) is 14.9 Å². The molecule has 2 aliphatic heterocycles. The molecule has 0 saturated heterocycles. The van der Waals surface area contributed by atoms with Gasteiger partial charge < -0.3 is 54.4 Å². The highest BCUT2D eigenvalue weighted by Crippen LogP contribution is 2.52. The molecule has 5 aromatic carbocycles. The summed E-state index contributed by atoms with van der Waals surface area (Å²) < 4.78 is 20.4. The van der Waals surface area contributed by atoms with Gasteiger partial charge in [0, 0.05) is 98.7 Å². The summed E-state index contributed by atoms with van der Waals surface area (Å²) >= 11 is 0. The minimum Gasteiger partial charge on any atom is -0.508 e. The summed E-state index contributed by atoms with van der Waals surface area (Å²) in [7, 11) is 1.46. The van der Waals surface area contributed by atoms with Crippen LogP contribution >= 0.6 is 0 Å². The highest BCUT2D eigenvalue weighted by Gasteiger charge is 2.43. The number of phenolic OH excluding ortho intramolecular Hbond substituents is 3. The van der Waals surface area contributed by atoms with Gasteiger partial charge in [-0.15, -0.1) is 0 Å². The summed E-state index contributed by atoms with van der Waals surface area (Å²) in [5.41, 5.74) is 8.28. The number of Topliss-reactive ketones (excluding diaryl/α,β-unsaturated/α-hetero) is 2. The average molecular weight is 1130 g/mol. The zero-order valence-electron chi connectivity index (χ0n) is 47.7. The van der Waals surface area contributed by atoms with E-state index in [2.05, 4.69) is 70.5 Å². The summed E-state index contributed by atoms with van der Waals surface area (Å²) in [4.78, 5) is 46.9. The van der Waals surface area contributed by atoms with E-state index in [4.69, 9.17) is 14.2 Å². The predicted molar refractivity (Wildman–Crippen MR) is 323 cm³/mol. The van der Waals surface area contributed by atoms with E-state index in [0.717, 1.165) is 50.5 Å². The number of methoxy groups -OCH3 is 1. The van der Waals surface area contributed by atoms with Crippen LogP contribution < -0.4 is 19.7 Å². The van der Waals surface area contributed by atoms with Gasteiger partial charge in [-0.2, -0.15) is 0 Å². The number of rotatable bonds is 12. The molecular formula is C70H70N4O10. The van der Waals surface area contributed by atoms with Crippen LogP contribution in [0.1, 0.15) is 116 Å². The van der Waals surface area contributed by atoms with Crippen molar-refractivity contribution in [2.24, 2.45) is 11.3 Å². The van der Waals surface area contributed by atoms with Gasteiger partial charge in [0.2, 0.25) is 5.75 Å². The van der Waals surface area contributed by atoms with Crippen LogP contribution in [-0.2, 0) is 38.6 Å². The predicted octanol–water partition coefficient (Wildman–Crippen LogP) is 12.4. The number of ether oxygens (including phenoxy) is 3. The number of ketones is 2. The molecule has 4 heterocycles. The normalized spacial score (nSPS) is 21.4. The van der Waals surface area contributed by atoms with Crippen molar-refractivity contribution in [1.29, 1.82) is 0 Å². The first-order valence-corrected chi connectivity index (χ1v) is 28.8. The number of esters is 1. The number of anilines is 1. The minimum absolute atomic E-state index is 0.00376. The van der Waals surface area contributed by atoms with Gasteiger partial charge in [-0.1, -0.05) is 97.2 Å². The number of fused-ring (bicyclic) bond motifs is 2. The van der Waals surface area contributed by atoms with Gasteiger partial charge in [0.05, 0.1) is 31.4 Å². The molecule has 6 bridgehead atoms. The summed E-state index contributed by atoms with van der Waals surface area (Å²) in [6.45, 7) is 5.57. The number of dihydropyridines is 1. The summed E-state index contributed by atoms with van der Waals surface area (Å²) in [6, 6.07) is 28.4. The fourth-order valence-corrected chi connectivity index (χ4v) is 13.1. The molecular weight excluding hydrogens is 1060 g/mol. The Hall–Kier alpha value is -9.19. The van der Waals surface area contributed by atoms with Crippen molar-refractivity contribution in [3.8, 4) is 46.3 Å². The number of H-pyrrole nitrogens is 1. The third kappa shape index (κ3) is 11.9. The standard InChI is InChI=1S/C70H70N4O10/c1-43-11-8-15-53-16-10-18-59-60-39-71-38-52(60)37-70(43,53)24-21-57(83-45(3)77)34-56(80)36-64(51-31-65(81)69(66(32-51)82-4)84-58-29-47(28-55(79)35-58)27-46-12-6-5-7-13-46)73-40-61-50(42-75)19-20-63(62(61)41-73)74(26-23-44(2)76)67-33-49(22-25-72-67)68(59)48-14-9-17-54(78)30-48/h5-9,11-15,17,19-20,22,28-33,35,38-41,43,57,59,64,68,71-72,75,78-79,81H,16,21,23-27,34,36-37,42H2,1-4H3/t43-,57-,59+,64-,68+,70+/m1/s1. The number of aromatic nitrogens is 2. The van der Waals surface area contributed by atoms with Crippen molar-refractivity contribution < 1.29 is 49.0 Å². The Morgan fingerprint density at radius 1 is 0.881 bits per heavy atom. The maximum absolute atomic E-state index is 15.2. The SMILES string of the molecule is COc1cc([C@H]2CC(=O)C[C@H](OC(C)=O)CC[C@@]34Cc5c[nH]cc5[C@H](C#CCC3=CC=C[C@H]4C)[C@@H](c3cccc(O)c3)C3=CCNC(=C3)N(CCC(C)=O)c3ccc(CO)c4cn2cc34)cc(O)c1Oc1cc(O)cc(Cc2ccccc2)c1. The second-order valence-corrected chi connectivity index (χ2v) is 22.7. The van der Waals surface area contributed by atoms with E-state index in [1.807, 2.05) is 83.8 Å². The molecule has 14 heteroatoms. The van der Waals surface area contributed by atoms with Crippen LogP contribution in [-0.4, -0.2) is 73.8 Å². The number of hydrogen-bond acceptors (Lipinski definition) is 12. The molecule has 84 heavy (non-hydrogen) atoms. The van der Waals surface area contributed by atoms with E-state index in [0.29, 0.717) is 60.5 Å². The van der Waals surface area contributed by atoms with Crippen molar-refractivity contribution >= 4 is 34.0 Å². The molecule has 2 aromatic heterocycles. The van der Waals surface area contributed by atoms with Crippen LogP contribution in [0.25, 0.3) is 10.8 Å². The lowest BCUT2D eigenvalue weighted by Crippen LogP contribution is -2.36. The van der Waals surface area contributed by atoms with Gasteiger partial charge in [0.1, 0.15) is 40.7 Å². The third-order valence-corrected chi connectivity index (χ3v) is 17.2. The molecule has 0 saturated carbocycles. The molecule has 430 valence electrons. The molecule has 6 atom stereocenters. The number of aliphatic hydroxyl groups is 1. The maximum atomic E-state index is 15.2. The fourth-order valence-electron chi connectivity index (χ4n) is 13.1. The topological polar surface area (TPSA) is 196 Å². The molecule has 14 nitrogen and oxygen atoms in total. The van der Waals surface area contributed by atoms with Gasteiger partial charge >= 0.3 is 5.97 Å². The number of allylic oxidation sites excluding steroid dienone is 6. The molecule has 0 radical (unpaired) electrons. The van der Waals surface area contributed by atoms with Crippen LogP contribution in [0.3, 0.4) is 0 Å². The second-order valence-electron chi connectivity index (χ2n) is 22.7. The largest absolute Gasteiger partial charge is 0.508 e. The van der Waals surface area contributed by atoms with E-state index < -0.39 is 23.5 Å². The Labute approximate surface area is 489 Å². The Morgan fingerprint density at radius 3 is 2.50 bits per heavy atom.